The van der Waals surface area contributed by atoms with E-state index in [1.807, 2.05) is 0 Å². The molecule has 170 valence electrons. The number of benzene rings is 1. The summed E-state index contributed by atoms with van der Waals surface area (Å²) >= 11 is 0. The number of aliphatic hydroxyl groups is 1. The van der Waals surface area contributed by atoms with Crippen molar-refractivity contribution in [1.82, 2.24) is 9.80 Å². The molecule has 1 N–H and O–H groups in total. The average Bonchev–Trinajstić information content (AvgIpc) is 3.26. The number of amides is 1. The van der Waals surface area contributed by atoms with Crippen LogP contribution in [0.15, 0.2) is 24.3 Å². The first kappa shape index (κ1) is 21.5. The molecule has 4 aliphatic rings. The highest BCUT2D eigenvalue weighted by molar-refractivity contribution is 5.83. The molecule has 4 nitrogen and oxygen atoms in total. The molecule has 1 saturated heterocycles. The fourth-order valence-corrected chi connectivity index (χ4v) is 7.04. The van der Waals surface area contributed by atoms with Crippen LogP contribution in [-0.4, -0.2) is 52.1 Å². The predicted octanol–water partition coefficient (Wildman–Crippen LogP) is 4.85. The minimum atomic E-state index is -0.585. The van der Waals surface area contributed by atoms with Crippen molar-refractivity contribution >= 4 is 5.91 Å². The second-order valence-corrected chi connectivity index (χ2v) is 10.7. The van der Waals surface area contributed by atoms with Gasteiger partial charge in [0.05, 0.1) is 17.7 Å². The normalized spacial score (nSPS) is 29.6. The van der Waals surface area contributed by atoms with Crippen molar-refractivity contribution in [3.8, 4) is 0 Å². The van der Waals surface area contributed by atoms with E-state index in [2.05, 4.69) is 34.1 Å². The van der Waals surface area contributed by atoms with Crippen LogP contribution in [0.4, 0.5) is 0 Å². The number of hydrogen-bond donors (Lipinski definition) is 1. The summed E-state index contributed by atoms with van der Waals surface area (Å²) < 4.78 is 0. The van der Waals surface area contributed by atoms with Gasteiger partial charge >= 0.3 is 0 Å². The first-order chi connectivity index (χ1) is 15.1. The van der Waals surface area contributed by atoms with Crippen molar-refractivity contribution in [2.75, 3.05) is 19.6 Å². The van der Waals surface area contributed by atoms with Gasteiger partial charge in [0.15, 0.2) is 0 Å². The van der Waals surface area contributed by atoms with E-state index in [-0.39, 0.29) is 12.1 Å². The molecule has 2 aliphatic heterocycles. The Morgan fingerprint density at radius 1 is 0.935 bits per heavy atom. The maximum atomic E-state index is 14.0. The third-order valence-electron chi connectivity index (χ3n) is 8.64. The van der Waals surface area contributed by atoms with Gasteiger partial charge < -0.3 is 10.0 Å². The van der Waals surface area contributed by atoms with Crippen molar-refractivity contribution in [2.45, 2.75) is 101 Å². The van der Waals surface area contributed by atoms with E-state index >= 15 is 0 Å². The Bertz CT molecular complexity index is 766. The Morgan fingerprint density at radius 3 is 2.48 bits per heavy atom. The maximum Gasteiger partial charge on any atom is 0.240 e. The van der Waals surface area contributed by atoms with E-state index in [1.54, 1.807) is 0 Å². The molecule has 31 heavy (non-hydrogen) atoms. The van der Waals surface area contributed by atoms with Crippen LogP contribution >= 0.6 is 0 Å². The Morgan fingerprint density at radius 2 is 1.68 bits per heavy atom. The molecular weight excluding hydrogens is 384 g/mol. The van der Waals surface area contributed by atoms with Gasteiger partial charge in [-0.15, -0.1) is 0 Å². The third-order valence-corrected chi connectivity index (χ3v) is 8.64. The van der Waals surface area contributed by atoms with E-state index in [9.17, 15) is 9.90 Å². The molecular formula is C27H40N2O2. The lowest BCUT2D eigenvalue weighted by atomic mass is 9.77. The van der Waals surface area contributed by atoms with Gasteiger partial charge in [0.2, 0.25) is 5.91 Å². The van der Waals surface area contributed by atoms with Crippen LogP contribution in [0.5, 0.6) is 0 Å². The summed E-state index contributed by atoms with van der Waals surface area (Å²) in [6.07, 6.45) is 14.7. The van der Waals surface area contributed by atoms with E-state index in [0.717, 1.165) is 58.0 Å². The van der Waals surface area contributed by atoms with Gasteiger partial charge in [-0.25, -0.2) is 0 Å². The molecule has 1 amide bonds. The van der Waals surface area contributed by atoms with Gasteiger partial charge in [0.25, 0.3) is 0 Å². The van der Waals surface area contributed by atoms with Gasteiger partial charge in [-0.05, 0) is 68.5 Å². The maximum absolute atomic E-state index is 14.0. The average molecular weight is 425 g/mol. The van der Waals surface area contributed by atoms with E-state index in [1.165, 1.54) is 49.7 Å². The molecule has 2 atom stereocenters. The summed E-state index contributed by atoms with van der Waals surface area (Å²) in [7, 11) is 0. The van der Waals surface area contributed by atoms with E-state index < -0.39 is 5.60 Å². The summed E-state index contributed by atoms with van der Waals surface area (Å²) in [6.45, 7) is 2.49. The summed E-state index contributed by atoms with van der Waals surface area (Å²) in [5.74, 6) is 0.929. The molecule has 1 aromatic rings. The highest BCUT2D eigenvalue weighted by Crippen LogP contribution is 2.43. The molecule has 1 aromatic carbocycles. The molecule has 2 heterocycles. The van der Waals surface area contributed by atoms with Crippen molar-refractivity contribution < 1.29 is 9.90 Å². The first-order valence-corrected chi connectivity index (χ1v) is 13.0. The van der Waals surface area contributed by atoms with Crippen molar-refractivity contribution in [1.29, 1.82) is 0 Å². The number of β-amino-alcohol motifs (C(OH)–C–C–N with tert-alkyl or cyclic N) is 1. The SMILES string of the molecule is O=C([C@H]1CCCN1CC1(O)CCCCC1)N1CCc2ccccc2C1C1CCCCC1. The summed E-state index contributed by atoms with van der Waals surface area (Å²) in [5, 5.41) is 11.2. The molecule has 5 rings (SSSR count). The van der Waals surface area contributed by atoms with Crippen LogP contribution in [0.2, 0.25) is 0 Å². The standard InChI is InChI=1S/C27H40N2O2/c30-26(24-14-9-18-28(24)20-27(31)16-7-2-8-17-27)29-19-15-21-10-5-6-13-23(21)25(29)22-11-3-1-4-12-22/h5-6,10,13,22,24-25,31H,1-4,7-9,11-12,14-20H2/t24-,25?/m1/s1. The molecule has 1 unspecified atom stereocenters. The van der Waals surface area contributed by atoms with Gasteiger partial charge in [-0.1, -0.05) is 62.8 Å². The van der Waals surface area contributed by atoms with E-state index in [0.29, 0.717) is 18.4 Å². The number of carbonyl (C=O) groups is 1. The molecule has 0 aromatic heterocycles. The quantitative estimate of drug-likeness (QED) is 0.751. The molecule has 2 saturated carbocycles. The summed E-state index contributed by atoms with van der Waals surface area (Å²) in [6, 6.07) is 9.07. The highest BCUT2D eigenvalue weighted by atomic mass is 16.3. The Labute approximate surface area is 188 Å². The third kappa shape index (κ3) is 4.43. The number of likely N-dealkylation sites (tertiary alicyclic amines) is 1. The number of carbonyl (C=O) groups excluding carboxylic acids is 1. The van der Waals surface area contributed by atoms with Gasteiger partial charge in [0, 0.05) is 13.1 Å². The van der Waals surface area contributed by atoms with Crippen molar-refractivity contribution in [3.63, 3.8) is 0 Å². The van der Waals surface area contributed by atoms with Gasteiger partial charge in [0.1, 0.15) is 0 Å². The Balaban J connectivity index is 1.37. The second kappa shape index (κ2) is 9.23. The topological polar surface area (TPSA) is 43.8 Å². The zero-order valence-electron chi connectivity index (χ0n) is 19.1. The number of hydrogen-bond acceptors (Lipinski definition) is 3. The van der Waals surface area contributed by atoms with Crippen LogP contribution in [0.1, 0.15) is 94.2 Å². The molecule has 3 fully saturated rings. The second-order valence-electron chi connectivity index (χ2n) is 10.7. The van der Waals surface area contributed by atoms with Crippen LogP contribution < -0.4 is 0 Å². The lowest BCUT2D eigenvalue weighted by molar-refractivity contribution is -0.142. The Hall–Kier alpha value is -1.39. The smallest absolute Gasteiger partial charge is 0.240 e. The molecule has 0 spiro atoms. The highest BCUT2D eigenvalue weighted by Gasteiger charge is 2.43. The van der Waals surface area contributed by atoms with Crippen LogP contribution in [0, 0.1) is 5.92 Å². The fourth-order valence-electron chi connectivity index (χ4n) is 7.04. The van der Waals surface area contributed by atoms with E-state index in [4.69, 9.17) is 0 Å². The minimum Gasteiger partial charge on any atom is -0.389 e. The number of fused-ring (bicyclic) bond motifs is 1. The summed E-state index contributed by atoms with van der Waals surface area (Å²) in [5.41, 5.74) is 2.27. The molecule has 0 bridgehead atoms. The molecule has 4 heteroatoms. The van der Waals surface area contributed by atoms with Crippen LogP contribution in [-0.2, 0) is 11.2 Å². The lowest BCUT2D eigenvalue weighted by Gasteiger charge is -2.45. The zero-order chi connectivity index (χ0) is 21.3. The summed E-state index contributed by atoms with van der Waals surface area (Å²) in [4.78, 5) is 18.6. The fraction of sp³-hybridized carbons (Fsp3) is 0.741. The Kier molecular flexibility index (Phi) is 6.39. The van der Waals surface area contributed by atoms with Crippen molar-refractivity contribution in [2.24, 2.45) is 5.92 Å². The van der Waals surface area contributed by atoms with Crippen molar-refractivity contribution in [3.05, 3.63) is 35.4 Å². The number of rotatable bonds is 4. The predicted molar refractivity (Wildman–Crippen MR) is 124 cm³/mol. The minimum absolute atomic E-state index is 0.0395. The van der Waals surface area contributed by atoms with Crippen LogP contribution in [0.25, 0.3) is 0 Å². The van der Waals surface area contributed by atoms with Gasteiger partial charge in [-0.3, -0.25) is 9.69 Å². The van der Waals surface area contributed by atoms with Crippen LogP contribution in [0.3, 0.4) is 0 Å². The monoisotopic (exact) mass is 424 g/mol. The van der Waals surface area contributed by atoms with Gasteiger partial charge in [-0.2, -0.15) is 0 Å². The number of nitrogens with zero attached hydrogens (tertiary/aromatic N) is 2. The lowest BCUT2D eigenvalue weighted by Crippen LogP contribution is -2.54. The molecule has 2 aliphatic carbocycles. The first-order valence-electron chi connectivity index (χ1n) is 13.0. The zero-order valence-corrected chi connectivity index (χ0v) is 19.1. The molecule has 0 radical (unpaired) electrons. The largest absolute Gasteiger partial charge is 0.389 e.